The summed E-state index contributed by atoms with van der Waals surface area (Å²) in [4.78, 5) is 31.6. The molecule has 4 rings (SSSR count). The zero-order chi connectivity index (χ0) is 20.5. The number of carbonyl (C=O) groups excluding carboxylic acids is 2. The SMILES string of the molecule is Cc1nn(C)c2ncc(NC(=O)[C@@H]3[C@@H](C)OCC(=O)N3Cc3ccccc3)cc12. The van der Waals surface area contributed by atoms with E-state index in [0.717, 1.165) is 22.3 Å². The normalized spacial score (nSPS) is 19.6. The van der Waals surface area contributed by atoms with E-state index >= 15 is 0 Å². The Hall–Kier alpha value is -3.26. The van der Waals surface area contributed by atoms with Gasteiger partial charge in [0.2, 0.25) is 11.8 Å². The third kappa shape index (κ3) is 3.71. The van der Waals surface area contributed by atoms with E-state index in [1.54, 1.807) is 22.7 Å². The van der Waals surface area contributed by atoms with Crippen LogP contribution in [-0.4, -0.2) is 50.2 Å². The van der Waals surface area contributed by atoms with Crippen LogP contribution in [-0.2, 0) is 27.9 Å². The molecule has 3 aromatic rings. The highest BCUT2D eigenvalue weighted by atomic mass is 16.5. The first kappa shape index (κ1) is 19.1. The molecule has 0 aliphatic carbocycles. The number of hydrogen-bond donors (Lipinski definition) is 1. The van der Waals surface area contributed by atoms with Crippen LogP contribution in [0.1, 0.15) is 18.2 Å². The van der Waals surface area contributed by atoms with Gasteiger partial charge in [0.15, 0.2) is 5.65 Å². The monoisotopic (exact) mass is 393 g/mol. The van der Waals surface area contributed by atoms with E-state index < -0.39 is 12.1 Å². The molecular formula is C21H23N5O3. The predicted octanol–water partition coefficient (Wildman–Crippen LogP) is 2.03. The van der Waals surface area contributed by atoms with Gasteiger partial charge in [0.25, 0.3) is 0 Å². The lowest BCUT2D eigenvalue weighted by atomic mass is 10.1. The van der Waals surface area contributed by atoms with Crippen LogP contribution in [0.5, 0.6) is 0 Å². The van der Waals surface area contributed by atoms with Crippen LogP contribution in [0.3, 0.4) is 0 Å². The number of aromatic nitrogens is 3. The molecule has 1 aliphatic rings. The number of amides is 2. The van der Waals surface area contributed by atoms with Crippen molar-refractivity contribution < 1.29 is 14.3 Å². The van der Waals surface area contributed by atoms with E-state index in [-0.39, 0.29) is 18.4 Å². The number of nitrogens with one attached hydrogen (secondary N) is 1. The summed E-state index contributed by atoms with van der Waals surface area (Å²) in [5.41, 5.74) is 3.10. The lowest BCUT2D eigenvalue weighted by molar-refractivity contribution is -0.161. The number of rotatable bonds is 4. The summed E-state index contributed by atoms with van der Waals surface area (Å²) < 4.78 is 7.24. The van der Waals surface area contributed by atoms with Crippen molar-refractivity contribution >= 4 is 28.5 Å². The fourth-order valence-corrected chi connectivity index (χ4v) is 3.70. The standard InChI is InChI=1S/C21H23N5O3/c1-13-17-9-16(10-22-20(17)25(3)24-13)23-21(28)19-14(2)29-12-18(27)26(19)11-15-7-5-4-6-8-15/h4-10,14,19H,11-12H2,1-3H3,(H,23,28)/t14-,19+/m1/s1. The zero-order valence-electron chi connectivity index (χ0n) is 16.6. The smallest absolute Gasteiger partial charge is 0.249 e. The van der Waals surface area contributed by atoms with Crippen molar-refractivity contribution in [2.75, 3.05) is 11.9 Å². The maximum absolute atomic E-state index is 13.1. The van der Waals surface area contributed by atoms with Gasteiger partial charge < -0.3 is 15.0 Å². The Morgan fingerprint density at radius 1 is 1.31 bits per heavy atom. The molecule has 1 fully saturated rings. The maximum Gasteiger partial charge on any atom is 0.249 e. The number of hydrogen-bond acceptors (Lipinski definition) is 5. The molecule has 0 saturated carbocycles. The largest absolute Gasteiger partial charge is 0.366 e. The van der Waals surface area contributed by atoms with Crippen LogP contribution in [0.25, 0.3) is 11.0 Å². The molecule has 2 atom stereocenters. The molecule has 29 heavy (non-hydrogen) atoms. The number of fused-ring (bicyclic) bond motifs is 1. The Labute approximate surface area is 168 Å². The molecule has 150 valence electrons. The minimum atomic E-state index is -0.734. The highest BCUT2D eigenvalue weighted by Gasteiger charge is 2.39. The summed E-state index contributed by atoms with van der Waals surface area (Å²) in [5.74, 6) is -0.507. The summed E-state index contributed by atoms with van der Waals surface area (Å²) in [5, 5.41) is 8.12. The third-order valence-electron chi connectivity index (χ3n) is 5.17. The molecule has 2 aromatic heterocycles. The summed E-state index contributed by atoms with van der Waals surface area (Å²) in [6.07, 6.45) is 1.17. The van der Waals surface area contributed by atoms with E-state index in [0.29, 0.717) is 12.2 Å². The second-order valence-corrected chi connectivity index (χ2v) is 7.26. The summed E-state index contributed by atoms with van der Waals surface area (Å²) >= 11 is 0. The molecule has 1 N–H and O–H groups in total. The summed E-state index contributed by atoms with van der Waals surface area (Å²) in [7, 11) is 1.83. The number of pyridine rings is 1. The molecule has 0 radical (unpaired) electrons. The Morgan fingerprint density at radius 2 is 2.07 bits per heavy atom. The first-order valence-corrected chi connectivity index (χ1v) is 9.49. The molecule has 0 spiro atoms. The van der Waals surface area contributed by atoms with Crippen molar-refractivity contribution in [2.24, 2.45) is 7.05 Å². The van der Waals surface area contributed by atoms with Crippen molar-refractivity contribution in [3.8, 4) is 0 Å². The van der Waals surface area contributed by atoms with Gasteiger partial charge in [-0.2, -0.15) is 5.10 Å². The Morgan fingerprint density at radius 3 is 2.83 bits per heavy atom. The van der Waals surface area contributed by atoms with Gasteiger partial charge >= 0.3 is 0 Å². The van der Waals surface area contributed by atoms with Crippen molar-refractivity contribution in [2.45, 2.75) is 32.5 Å². The van der Waals surface area contributed by atoms with Gasteiger partial charge in [0, 0.05) is 19.0 Å². The number of aryl methyl sites for hydroxylation is 2. The number of nitrogens with zero attached hydrogens (tertiary/aromatic N) is 4. The Bertz CT molecular complexity index is 1060. The summed E-state index contributed by atoms with van der Waals surface area (Å²) in [6.45, 7) is 4.03. The van der Waals surface area contributed by atoms with Crippen LogP contribution in [0.15, 0.2) is 42.6 Å². The van der Waals surface area contributed by atoms with Gasteiger partial charge in [-0.15, -0.1) is 0 Å². The topological polar surface area (TPSA) is 89.4 Å². The minimum Gasteiger partial charge on any atom is -0.366 e. The molecular weight excluding hydrogens is 370 g/mol. The van der Waals surface area contributed by atoms with Gasteiger partial charge in [0.1, 0.15) is 12.6 Å². The van der Waals surface area contributed by atoms with Gasteiger partial charge in [-0.1, -0.05) is 30.3 Å². The predicted molar refractivity (Wildman–Crippen MR) is 108 cm³/mol. The maximum atomic E-state index is 13.1. The van der Waals surface area contributed by atoms with Crippen LogP contribution < -0.4 is 5.32 Å². The molecule has 3 heterocycles. The van der Waals surface area contributed by atoms with Gasteiger partial charge in [-0.05, 0) is 25.5 Å². The Balaban J connectivity index is 1.59. The molecule has 8 nitrogen and oxygen atoms in total. The van der Waals surface area contributed by atoms with E-state index in [1.165, 1.54) is 0 Å². The molecule has 0 unspecified atom stereocenters. The Kier molecular flexibility index (Phi) is 5.02. The number of carbonyl (C=O) groups is 2. The molecule has 2 amide bonds. The first-order valence-electron chi connectivity index (χ1n) is 9.49. The van der Waals surface area contributed by atoms with E-state index in [1.807, 2.05) is 50.4 Å². The molecule has 8 heteroatoms. The van der Waals surface area contributed by atoms with Crippen molar-refractivity contribution in [3.05, 3.63) is 53.9 Å². The second kappa shape index (κ2) is 7.63. The second-order valence-electron chi connectivity index (χ2n) is 7.26. The lowest BCUT2D eigenvalue weighted by Gasteiger charge is -2.38. The van der Waals surface area contributed by atoms with Crippen LogP contribution in [0.2, 0.25) is 0 Å². The number of anilines is 1. The van der Waals surface area contributed by atoms with Gasteiger partial charge in [-0.3, -0.25) is 14.3 Å². The van der Waals surface area contributed by atoms with Crippen LogP contribution >= 0.6 is 0 Å². The fourth-order valence-electron chi connectivity index (χ4n) is 3.70. The highest BCUT2D eigenvalue weighted by Crippen LogP contribution is 2.22. The summed E-state index contributed by atoms with van der Waals surface area (Å²) in [6, 6.07) is 10.7. The molecule has 1 aromatic carbocycles. The van der Waals surface area contributed by atoms with Crippen molar-refractivity contribution in [1.82, 2.24) is 19.7 Å². The third-order valence-corrected chi connectivity index (χ3v) is 5.17. The number of benzene rings is 1. The van der Waals surface area contributed by atoms with Crippen molar-refractivity contribution in [1.29, 1.82) is 0 Å². The van der Waals surface area contributed by atoms with Gasteiger partial charge in [-0.25, -0.2) is 4.98 Å². The first-order chi connectivity index (χ1) is 13.9. The zero-order valence-corrected chi connectivity index (χ0v) is 16.6. The van der Waals surface area contributed by atoms with E-state index in [2.05, 4.69) is 15.4 Å². The minimum absolute atomic E-state index is 0.0276. The van der Waals surface area contributed by atoms with E-state index in [4.69, 9.17) is 4.74 Å². The molecule has 1 saturated heterocycles. The van der Waals surface area contributed by atoms with Crippen LogP contribution in [0.4, 0.5) is 5.69 Å². The highest BCUT2D eigenvalue weighted by molar-refractivity contribution is 5.99. The average molecular weight is 393 g/mol. The van der Waals surface area contributed by atoms with Gasteiger partial charge in [0.05, 0.1) is 23.7 Å². The lowest BCUT2D eigenvalue weighted by Crippen LogP contribution is -2.58. The van der Waals surface area contributed by atoms with Crippen LogP contribution in [0, 0.1) is 6.92 Å². The quantitative estimate of drug-likeness (QED) is 0.733. The van der Waals surface area contributed by atoms with Crippen molar-refractivity contribution in [3.63, 3.8) is 0 Å². The fraction of sp³-hybridized carbons (Fsp3) is 0.333. The number of ether oxygens (including phenoxy) is 1. The average Bonchev–Trinajstić information content (AvgIpc) is 2.99. The van der Waals surface area contributed by atoms with E-state index in [9.17, 15) is 9.59 Å². The number of morpholine rings is 1. The molecule has 1 aliphatic heterocycles. The molecule has 0 bridgehead atoms.